The van der Waals surface area contributed by atoms with Gasteiger partial charge in [0, 0.05) is 12.0 Å². The molecule has 0 aliphatic rings. The van der Waals surface area contributed by atoms with Gasteiger partial charge in [0.2, 0.25) is 5.78 Å². The fourth-order valence-corrected chi connectivity index (χ4v) is 3.20. The van der Waals surface area contributed by atoms with E-state index in [1.54, 1.807) is 37.3 Å². The van der Waals surface area contributed by atoms with Gasteiger partial charge >= 0.3 is 11.9 Å². The van der Waals surface area contributed by atoms with E-state index in [4.69, 9.17) is 10.2 Å². The lowest BCUT2D eigenvalue weighted by Crippen LogP contribution is -2.07. The molecule has 0 aliphatic carbocycles. The average molecular weight is 410 g/mol. The lowest BCUT2D eigenvalue weighted by Gasteiger charge is -2.06. The maximum absolute atomic E-state index is 12.0. The van der Waals surface area contributed by atoms with Gasteiger partial charge in [0.25, 0.3) is 0 Å². The minimum Gasteiger partial charge on any atom is -0.481 e. The number of hydrogen-bond acceptors (Lipinski definition) is 4. The molecule has 6 heteroatoms. The van der Waals surface area contributed by atoms with Crippen LogP contribution in [0.25, 0.3) is 0 Å². The largest absolute Gasteiger partial charge is 0.481 e. The summed E-state index contributed by atoms with van der Waals surface area (Å²) in [6.45, 7) is 1.62. The molecule has 1 atom stereocenters. The van der Waals surface area contributed by atoms with Crippen LogP contribution in [0.4, 0.5) is 0 Å². The van der Waals surface area contributed by atoms with Crippen LogP contribution in [-0.4, -0.2) is 27.9 Å². The molecule has 3 rings (SSSR count). The highest BCUT2D eigenvalue weighted by Crippen LogP contribution is 2.19. The molecular weight excluding hydrogens is 388 g/mol. The molecule has 29 heavy (non-hydrogen) atoms. The number of hydrogen-bond donors (Lipinski definition) is 2. The number of rotatable bonds is 7. The summed E-state index contributed by atoms with van der Waals surface area (Å²) >= 11 is 1.40. The molecule has 2 N–H and O–H groups in total. The van der Waals surface area contributed by atoms with E-state index in [0.29, 0.717) is 22.4 Å². The number of aliphatic carboxylic acids is 2. The monoisotopic (exact) mass is 410 g/mol. The van der Waals surface area contributed by atoms with Crippen molar-refractivity contribution >= 4 is 29.1 Å². The summed E-state index contributed by atoms with van der Waals surface area (Å²) in [6.07, 6.45) is 0.834. The molecule has 0 amide bonds. The molecule has 150 valence electrons. The Morgan fingerprint density at radius 3 is 2.07 bits per heavy atom. The second-order valence-electron chi connectivity index (χ2n) is 6.37. The van der Waals surface area contributed by atoms with E-state index in [-0.39, 0.29) is 12.2 Å². The molecule has 0 radical (unpaired) electrons. The van der Waals surface area contributed by atoms with Gasteiger partial charge in [0.1, 0.15) is 0 Å². The molecule has 0 saturated carbocycles. The van der Waals surface area contributed by atoms with Crippen molar-refractivity contribution < 1.29 is 24.6 Å². The quantitative estimate of drug-likeness (QED) is 0.542. The predicted octanol–water partition coefficient (Wildman–Crippen LogP) is 4.87. The first-order valence-corrected chi connectivity index (χ1v) is 9.93. The van der Waals surface area contributed by atoms with Crippen molar-refractivity contribution in [1.82, 2.24) is 0 Å². The van der Waals surface area contributed by atoms with E-state index < -0.39 is 17.9 Å². The van der Waals surface area contributed by atoms with Crippen LogP contribution < -0.4 is 0 Å². The van der Waals surface area contributed by atoms with Crippen LogP contribution in [0.15, 0.2) is 72.1 Å². The van der Waals surface area contributed by atoms with Crippen LogP contribution in [0.2, 0.25) is 0 Å². The second-order valence-corrected chi connectivity index (χ2v) is 7.32. The molecule has 0 bridgehead atoms. The summed E-state index contributed by atoms with van der Waals surface area (Å²) in [6, 6.07) is 20.0. The molecule has 0 saturated heterocycles. The van der Waals surface area contributed by atoms with Crippen molar-refractivity contribution in [2.75, 3.05) is 0 Å². The van der Waals surface area contributed by atoms with Crippen LogP contribution in [0.5, 0.6) is 0 Å². The van der Waals surface area contributed by atoms with Gasteiger partial charge < -0.3 is 10.2 Å². The van der Waals surface area contributed by atoms with E-state index >= 15 is 0 Å². The Labute approximate surface area is 173 Å². The number of aryl methyl sites for hydroxylation is 1. The SMILES string of the molecule is CC(C(=O)O)c1ccc(C(=O)c2cccs2)cc1.O=C(O)CCc1ccccc1. The van der Waals surface area contributed by atoms with Crippen molar-refractivity contribution in [3.8, 4) is 0 Å². The van der Waals surface area contributed by atoms with Gasteiger partial charge in [-0.2, -0.15) is 0 Å². The number of carboxylic acid groups (broad SMARTS) is 2. The maximum Gasteiger partial charge on any atom is 0.310 e. The topological polar surface area (TPSA) is 91.7 Å². The summed E-state index contributed by atoms with van der Waals surface area (Å²) < 4.78 is 0. The summed E-state index contributed by atoms with van der Waals surface area (Å²) in [5, 5.41) is 19.1. The van der Waals surface area contributed by atoms with Gasteiger partial charge in [-0.3, -0.25) is 14.4 Å². The Hall–Kier alpha value is -3.25. The minimum atomic E-state index is -0.868. The predicted molar refractivity (Wildman–Crippen MR) is 113 cm³/mol. The van der Waals surface area contributed by atoms with Crippen molar-refractivity contribution in [1.29, 1.82) is 0 Å². The zero-order valence-corrected chi connectivity index (χ0v) is 16.8. The second kappa shape index (κ2) is 10.9. The van der Waals surface area contributed by atoms with Crippen LogP contribution >= 0.6 is 11.3 Å². The van der Waals surface area contributed by atoms with Gasteiger partial charge in [-0.25, -0.2) is 0 Å². The molecule has 0 fully saturated rings. The van der Waals surface area contributed by atoms with Crippen molar-refractivity contribution in [2.24, 2.45) is 0 Å². The van der Waals surface area contributed by atoms with Gasteiger partial charge in [0.15, 0.2) is 0 Å². The molecule has 1 unspecified atom stereocenters. The Morgan fingerprint density at radius 2 is 1.55 bits per heavy atom. The number of carbonyl (C=O) groups excluding carboxylic acids is 1. The van der Waals surface area contributed by atoms with Crippen LogP contribution in [0.1, 0.15) is 45.6 Å². The first-order chi connectivity index (χ1) is 13.9. The van der Waals surface area contributed by atoms with Crippen LogP contribution in [0.3, 0.4) is 0 Å². The fourth-order valence-electron chi connectivity index (χ4n) is 2.51. The van der Waals surface area contributed by atoms with Gasteiger partial charge in [-0.1, -0.05) is 60.7 Å². The zero-order valence-electron chi connectivity index (χ0n) is 15.9. The maximum atomic E-state index is 12.0. The molecule has 0 spiro atoms. The number of ketones is 1. The first kappa shape index (κ1) is 22.0. The molecule has 1 heterocycles. The standard InChI is InChI=1S/C14H12O3S.C9H10O2/c1-9(14(16)17)10-4-6-11(7-5-10)13(15)12-3-2-8-18-12;10-9(11)7-6-8-4-2-1-3-5-8/h2-9H,1H3,(H,16,17);1-5H,6-7H2,(H,10,11). The third-order valence-electron chi connectivity index (χ3n) is 4.26. The van der Waals surface area contributed by atoms with Gasteiger partial charge in [0.05, 0.1) is 10.8 Å². The molecule has 3 aromatic rings. The highest BCUT2D eigenvalue weighted by molar-refractivity contribution is 7.12. The van der Waals surface area contributed by atoms with E-state index in [1.165, 1.54) is 11.3 Å². The third kappa shape index (κ3) is 7.01. The first-order valence-electron chi connectivity index (χ1n) is 9.05. The van der Waals surface area contributed by atoms with Crippen molar-refractivity contribution in [2.45, 2.75) is 25.7 Å². The smallest absolute Gasteiger partial charge is 0.310 e. The number of carboxylic acids is 2. The highest BCUT2D eigenvalue weighted by atomic mass is 32.1. The Morgan fingerprint density at radius 1 is 0.897 bits per heavy atom. The van der Waals surface area contributed by atoms with Crippen LogP contribution in [0, 0.1) is 0 Å². The summed E-state index contributed by atoms with van der Waals surface area (Å²) in [5.41, 5.74) is 2.36. The van der Waals surface area contributed by atoms with Crippen molar-refractivity contribution in [3.05, 3.63) is 93.7 Å². The van der Waals surface area contributed by atoms with Gasteiger partial charge in [-0.05, 0) is 35.9 Å². The lowest BCUT2D eigenvalue weighted by atomic mass is 9.99. The summed E-state index contributed by atoms with van der Waals surface area (Å²) in [4.78, 5) is 33.7. The Bertz CT molecular complexity index is 931. The molecule has 2 aromatic carbocycles. The van der Waals surface area contributed by atoms with Gasteiger partial charge in [-0.15, -0.1) is 11.3 Å². The number of carbonyl (C=O) groups is 3. The van der Waals surface area contributed by atoms with Crippen molar-refractivity contribution in [3.63, 3.8) is 0 Å². The number of thiophene rings is 1. The Balaban J connectivity index is 0.000000234. The molecule has 1 aromatic heterocycles. The minimum absolute atomic E-state index is 0.0282. The highest BCUT2D eigenvalue weighted by Gasteiger charge is 2.15. The third-order valence-corrected chi connectivity index (χ3v) is 5.13. The zero-order chi connectivity index (χ0) is 21.2. The average Bonchev–Trinajstić information content (AvgIpc) is 3.27. The van der Waals surface area contributed by atoms with E-state index in [9.17, 15) is 14.4 Å². The molecule has 5 nitrogen and oxygen atoms in total. The fraction of sp³-hybridized carbons (Fsp3) is 0.174. The summed E-state index contributed by atoms with van der Waals surface area (Å²) in [7, 11) is 0. The normalized spacial score (nSPS) is 11.1. The van der Waals surface area contributed by atoms with E-state index in [2.05, 4.69) is 0 Å². The molecule has 0 aliphatic heterocycles. The lowest BCUT2D eigenvalue weighted by molar-refractivity contribution is -0.138. The van der Waals surface area contributed by atoms with E-state index in [1.807, 2.05) is 41.8 Å². The number of benzene rings is 2. The molecular formula is C23H22O5S. The summed E-state index contributed by atoms with van der Waals surface area (Å²) in [5.74, 6) is -2.20. The van der Waals surface area contributed by atoms with E-state index in [0.717, 1.165) is 5.56 Å². The Kier molecular flexibility index (Phi) is 8.30. The van der Waals surface area contributed by atoms with Crippen LogP contribution in [-0.2, 0) is 16.0 Å².